The van der Waals surface area contributed by atoms with E-state index in [1.807, 2.05) is 13.0 Å². The molecule has 2 heterocycles. The highest BCUT2D eigenvalue weighted by molar-refractivity contribution is 6.10. The number of carbonyl (C=O) groups excluding carboxylic acids is 3. The van der Waals surface area contributed by atoms with Crippen LogP contribution in [0.4, 0.5) is 17.3 Å². The summed E-state index contributed by atoms with van der Waals surface area (Å²) < 4.78 is 0. The molecule has 1 aliphatic rings. The number of aryl methyl sites for hydroxylation is 1. The topological polar surface area (TPSA) is 148 Å². The first-order chi connectivity index (χ1) is 16.2. The molecule has 0 unspecified atom stereocenters. The summed E-state index contributed by atoms with van der Waals surface area (Å²) in [5.74, 6) is -5.23. The van der Waals surface area contributed by atoms with Gasteiger partial charge in [0.25, 0.3) is 5.91 Å². The number of likely N-dealkylation sites (N-methyl/N-ethyl adjacent to an activating group) is 1. The predicted octanol–water partition coefficient (Wildman–Crippen LogP) is 1.18. The Balaban J connectivity index is 1.43. The first kappa shape index (κ1) is 22.8. The fraction of sp³-hybridized carbons (Fsp3) is 0.174. The van der Waals surface area contributed by atoms with Crippen molar-refractivity contribution in [2.24, 2.45) is 0 Å². The minimum Gasteiger partial charge on any atom is -0.351 e. The van der Waals surface area contributed by atoms with E-state index in [9.17, 15) is 24.6 Å². The zero-order valence-corrected chi connectivity index (χ0v) is 18.4. The molecule has 1 aromatic heterocycles. The second kappa shape index (κ2) is 8.89. The van der Waals surface area contributed by atoms with Gasteiger partial charge < -0.3 is 20.8 Å². The van der Waals surface area contributed by atoms with E-state index in [1.54, 1.807) is 54.9 Å². The zero-order chi connectivity index (χ0) is 24.5. The third-order valence-corrected chi connectivity index (χ3v) is 5.34. The van der Waals surface area contributed by atoms with Gasteiger partial charge in [0.05, 0.1) is 6.54 Å². The van der Waals surface area contributed by atoms with E-state index >= 15 is 0 Å². The van der Waals surface area contributed by atoms with Gasteiger partial charge in [-0.2, -0.15) is 0 Å². The number of aromatic nitrogens is 2. The summed E-state index contributed by atoms with van der Waals surface area (Å²) in [7, 11) is 1.27. The monoisotopic (exact) mass is 462 g/mol. The first-order valence-electron chi connectivity index (χ1n) is 10.3. The summed E-state index contributed by atoms with van der Waals surface area (Å²) in [6.07, 6.45) is 3.25. The molecule has 0 atom stereocenters. The number of nitrogens with one attached hydrogen (secondary N) is 2. The number of carbonyl (C=O) groups is 3. The van der Waals surface area contributed by atoms with Crippen molar-refractivity contribution in [3.63, 3.8) is 0 Å². The van der Waals surface area contributed by atoms with Crippen molar-refractivity contribution in [2.45, 2.75) is 19.3 Å². The summed E-state index contributed by atoms with van der Waals surface area (Å²) in [5.41, 5.74) is 3.23. The quantitative estimate of drug-likeness (QED) is 0.315. The lowest BCUT2D eigenvalue weighted by molar-refractivity contribution is -0.186. The Kier molecular flexibility index (Phi) is 5.97. The summed E-state index contributed by atoms with van der Waals surface area (Å²) in [6.45, 7) is 1.85. The van der Waals surface area contributed by atoms with Gasteiger partial charge >= 0.3 is 17.6 Å². The van der Waals surface area contributed by atoms with Crippen LogP contribution in [-0.2, 0) is 16.1 Å². The van der Waals surface area contributed by atoms with E-state index in [0.717, 1.165) is 21.3 Å². The number of hydrogen-bond acceptors (Lipinski definition) is 8. The fourth-order valence-electron chi connectivity index (χ4n) is 3.38. The Labute approximate surface area is 194 Å². The first-order valence-corrected chi connectivity index (χ1v) is 10.3. The van der Waals surface area contributed by atoms with Crippen LogP contribution in [0.25, 0.3) is 0 Å². The second-order valence-electron chi connectivity index (χ2n) is 7.74. The van der Waals surface area contributed by atoms with Gasteiger partial charge in [-0.1, -0.05) is 18.2 Å². The molecule has 2 aromatic carbocycles. The number of anilines is 3. The van der Waals surface area contributed by atoms with Crippen molar-refractivity contribution < 1.29 is 24.6 Å². The lowest BCUT2D eigenvalue weighted by Gasteiger charge is -2.23. The van der Waals surface area contributed by atoms with Gasteiger partial charge in [0.1, 0.15) is 0 Å². The van der Waals surface area contributed by atoms with Crippen LogP contribution in [0.15, 0.2) is 60.9 Å². The Morgan fingerprint density at radius 1 is 1.03 bits per heavy atom. The van der Waals surface area contributed by atoms with Gasteiger partial charge in [0, 0.05) is 36.4 Å². The number of amides is 3. The van der Waals surface area contributed by atoms with E-state index in [1.165, 1.54) is 7.05 Å². The fourth-order valence-corrected chi connectivity index (χ4v) is 3.38. The Hall–Kier alpha value is -4.35. The number of hydrogen-bond donors (Lipinski definition) is 4. The van der Waals surface area contributed by atoms with Gasteiger partial charge in [0.15, 0.2) is 0 Å². The molecule has 1 saturated heterocycles. The second-order valence-corrected chi connectivity index (χ2v) is 7.74. The van der Waals surface area contributed by atoms with Gasteiger partial charge in [-0.3, -0.25) is 14.4 Å². The molecule has 11 heteroatoms. The van der Waals surface area contributed by atoms with Gasteiger partial charge in [-0.25, -0.2) is 20.0 Å². The van der Waals surface area contributed by atoms with Crippen molar-refractivity contribution in [3.05, 3.63) is 77.6 Å². The molecular formula is C23H22N6O5. The Morgan fingerprint density at radius 3 is 2.32 bits per heavy atom. The van der Waals surface area contributed by atoms with Crippen molar-refractivity contribution in [1.82, 2.24) is 20.0 Å². The van der Waals surface area contributed by atoms with E-state index in [4.69, 9.17) is 0 Å². The van der Waals surface area contributed by atoms with E-state index in [-0.39, 0.29) is 12.5 Å². The molecule has 4 N–H and O–H groups in total. The van der Waals surface area contributed by atoms with Crippen molar-refractivity contribution >= 4 is 35.0 Å². The third-order valence-electron chi connectivity index (χ3n) is 5.34. The average molecular weight is 462 g/mol. The van der Waals surface area contributed by atoms with Crippen molar-refractivity contribution in [2.75, 3.05) is 17.7 Å². The minimum absolute atomic E-state index is 0.0691. The Bertz CT molecular complexity index is 1250. The molecule has 0 aliphatic carbocycles. The SMILES string of the molecule is Cc1ccc(NC(=O)c2ccc(CN3C(=O)C(O)(O)C(=O)N3C)cc2)cc1Nc1ncccn1. The Morgan fingerprint density at radius 2 is 1.71 bits per heavy atom. The van der Waals surface area contributed by atoms with Gasteiger partial charge in [-0.05, 0) is 48.4 Å². The number of aliphatic hydroxyl groups is 2. The molecule has 11 nitrogen and oxygen atoms in total. The predicted molar refractivity (Wildman–Crippen MR) is 121 cm³/mol. The summed E-state index contributed by atoms with van der Waals surface area (Å²) in [6, 6.07) is 13.5. The molecule has 1 fully saturated rings. The van der Waals surface area contributed by atoms with Gasteiger partial charge in [-0.15, -0.1) is 0 Å². The van der Waals surface area contributed by atoms with Crippen LogP contribution in [0, 0.1) is 6.92 Å². The van der Waals surface area contributed by atoms with Crippen LogP contribution < -0.4 is 10.6 Å². The largest absolute Gasteiger partial charge is 0.351 e. The van der Waals surface area contributed by atoms with Crippen LogP contribution in [0.2, 0.25) is 0 Å². The highest BCUT2D eigenvalue weighted by Crippen LogP contribution is 2.24. The van der Waals surface area contributed by atoms with Crippen LogP contribution in [-0.4, -0.2) is 60.8 Å². The molecule has 0 radical (unpaired) electrons. The maximum Gasteiger partial charge on any atom is 0.330 e. The highest BCUT2D eigenvalue weighted by atomic mass is 16.5. The summed E-state index contributed by atoms with van der Waals surface area (Å²) in [4.78, 5) is 44.9. The smallest absolute Gasteiger partial charge is 0.330 e. The lowest BCUT2D eigenvalue weighted by Crippen LogP contribution is -2.43. The van der Waals surface area contributed by atoms with Gasteiger partial charge in [0.2, 0.25) is 5.95 Å². The molecule has 0 saturated carbocycles. The molecule has 34 heavy (non-hydrogen) atoms. The van der Waals surface area contributed by atoms with E-state index < -0.39 is 17.6 Å². The molecule has 4 rings (SSSR count). The van der Waals surface area contributed by atoms with E-state index in [0.29, 0.717) is 22.8 Å². The van der Waals surface area contributed by atoms with Crippen LogP contribution in [0.3, 0.4) is 0 Å². The van der Waals surface area contributed by atoms with Crippen molar-refractivity contribution in [1.29, 1.82) is 0 Å². The normalized spacial score (nSPS) is 14.9. The number of rotatable bonds is 6. The van der Waals surface area contributed by atoms with E-state index in [2.05, 4.69) is 20.6 Å². The molecule has 0 bridgehead atoms. The number of hydrazine groups is 1. The minimum atomic E-state index is -3.07. The number of benzene rings is 2. The molecule has 1 aliphatic heterocycles. The summed E-state index contributed by atoms with van der Waals surface area (Å²) >= 11 is 0. The average Bonchev–Trinajstić information content (AvgIpc) is 2.97. The molecular weight excluding hydrogens is 440 g/mol. The zero-order valence-electron chi connectivity index (χ0n) is 18.4. The van der Waals surface area contributed by atoms with Crippen LogP contribution >= 0.6 is 0 Å². The maximum atomic E-state index is 12.7. The molecule has 174 valence electrons. The molecule has 3 amide bonds. The van der Waals surface area contributed by atoms with Crippen LogP contribution in [0.1, 0.15) is 21.5 Å². The maximum absolute atomic E-state index is 12.7. The van der Waals surface area contributed by atoms with Crippen molar-refractivity contribution in [3.8, 4) is 0 Å². The standard InChI is InChI=1S/C23H22N6O5/c1-14-4-9-17(12-18(14)27-22-24-10-3-11-25-22)26-19(30)16-7-5-15(6-8-16)13-29-21(32)23(33,34)20(31)28(29)2/h3-12,33-34H,13H2,1-2H3,(H,26,30)(H,24,25,27). The highest BCUT2D eigenvalue weighted by Gasteiger charge is 2.55. The number of nitrogens with zero attached hydrogens (tertiary/aromatic N) is 4. The molecule has 0 spiro atoms. The third kappa shape index (κ3) is 4.42. The summed E-state index contributed by atoms with van der Waals surface area (Å²) in [5, 5.41) is 27.0. The van der Waals surface area contributed by atoms with Crippen LogP contribution in [0.5, 0.6) is 0 Å². The lowest BCUT2D eigenvalue weighted by atomic mass is 10.1. The molecule has 3 aromatic rings.